The molecule has 2 heterocycles. The van der Waals surface area contributed by atoms with Gasteiger partial charge in [-0.15, -0.1) is 6.58 Å². The molecule has 1 saturated heterocycles. The zero-order valence-electron chi connectivity index (χ0n) is 13.8. The van der Waals surface area contributed by atoms with Crippen LogP contribution in [0.3, 0.4) is 0 Å². The van der Waals surface area contributed by atoms with Crippen molar-refractivity contribution in [3.05, 3.63) is 60.7 Å². The molecule has 3 rings (SSSR count). The van der Waals surface area contributed by atoms with E-state index in [1.54, 1.807) is 24.5 Å². The molecule has 0 radical (unpaired) electrons. The number of ether oxygens (including phenoxy) is 2. The van der Waals surface area contributed by atoms with Crippen LogP contribution in [0, 0.1) is 23.6 Å². The summed E-state index contributed by atoms with van der Waals surface area (Å²) < 4.78 is 24.2. The van der Waals surface area contributed by atoms with Crippen LogP contribution in [0.2, 0.25) is 0 Å². The Morgan fingerprint density at radius 2 is 1.84 bits per heavy atom. The van der Waals surface area contributed by atoms with Gasteiger partial charge in [0.05, 0.1) is 18.8 Å². The monoisotopic (exact) mass is 338 g/mol. The third-order valence-corrected chi connectivity index (χ3v) is 3.83. The van der Waals surface area contributed by atoms with Crippen LogP contribution in [0.1, 0.15) is 18.4 Å². The van der Waals surface area contributed by atoms with E-state index in [4.69, 9.17) is 9.47 Å². The summed E-state index contributed by atoms with van der Waals surface area (Å²) in [5, 5.41) is 0. The minimum absolute atomic E-state index is 0.287. The van der Waals surface area contributed by atoms with Gasteiger partial charge in [-0.2, -0.15) is 0 Å². The van der Waals surface area contributed by atoms with E-state index in [-0.39, 0.29) is 5.82 Å². The molecule has 128 valence electrons. The van der Waals surface area contributed by atoms with Crippen LogP contribution in [-0.2, 0) is 9.47 Å². The molecule has 1 aromatic carbocycles. The number of hydrogen-bond acceptors (Lipinski definition) is 4. The highest BCUT2D eigenvalue weighted by molar-refractivity contribution is 5.54. The molecule has 25 heavy (non-hydrogen) atoms. The molecule has 5 heteroatoms. The standard InChI is InChI=1S/C20H19FN2O2/c1-2-3-4-16-13-24-19(25-14-16)10-5-15-11-22-20(23-12-15)17-6-8-18(21)9-7-17/h2,6-9,11-12,16,19H,1,3-4,13-14H2/t16-,19-. The minimum Gasteiger partial charge on any atom is -0.342 e. The smallest absolute Gasteiger partial charge is 0.222 e. The van der Waals surface area contributed by atoms with Gasteiger partial charge < -0.3 is 9.47 Å². The van der Waals surface area contributed by atoms with Crippen LogP contribution < -0.4 is 0 Å². The fourth-order valence-corrected chi connectivity index (χ4v) is 2.43. The number of aromatic nitrogens is 2. The number of halogens is 1. The average Bonchev–Trinajstić information content (AvgIpc) is 2.67. The number of rotatable bonds is 4. The molecule has 0 bridgehead atoms. The molecule has 1 aliphatic heterocycles. The van der Waals surface area contributed by atoms with E-state index in [9.17, 15) is 4.39 Å². The zero-order chi connectivity index (χ0) is 17.5. The zero-order valence-corrected chi connectivity index (χ0v) is 13.8. The van der Waals surface area contributed by atoms with Crippen LogP contribution in [0.4, 0.5) is 4.39 Å². The summed E-state index contributed by atoms with van der Waals surface area (Å²) in [7, 11) is 0. The molecule has 1 aliphatic rings. The Kier molecular flexibility index (Phi) is 5.89. The van der Waals surface area contributed by atoms with E-state index in [2.05, 4.69) is 28.4 Å². The lowest BCUT2D eigenvalue weighted by Gasteiger charge is -2.26. The molecule has 1 fully saturated rings. The highest BCUT2D eigenvalue weighted by Crippen LogP contribution is 2.16. The Labute approximate surface area is 146 Å². The lowest BCUT2D eigenvalue weighted by molar-refractivity contribution is -0.169. The minimum atomic E-state index is -0.517. The number of allylic oxidation sites excluding steroid dienone is 1. The Morgan fingerprint density at radius 1 is 1.16 bits per heavy atom. The predicted octanol–water partition coefficient (Wildman–Crippen LogP) is 3.59. The van der Waals surface area contributed by atoms with Crippen LogP contribution in [0.5, 0.6) is 0 Å². The second-order valence-electron chi connectivity index (χ2n) is 5.80. The highest BCUT2D eigenvalue weighted by Gasteiger charge is 2.19. The van der Waals surface area contributed by atoms with Gasteiger partial charge in [-0.25, -0.2) is 14.4 Å². The molecule has 1 aromatic heterocycles. The molecule has 4 nitrogen and oxygen atoms in total. The van der Waals surface area contributed by atoms with Crippen LogP contribution in [-0.4, -0.2) is 29.5 Å². The van der Waals surface area contributed by atoms with Gasteiger partial charge in [-0.05, 0) is 43.0 Å². The fourth-order valence-electron chi connectivity index (χ4n) is 2.43. The van der Waals surface area contributed by atoms with Gasteiger partial charge in [0.1, 0.15) is 5.82 Å². The molecule has 0 unspecified atom stereocenters. The molecule has 0 amide bonds. The quantitative estimate of drug-likeness (QED) is 0.631. The topological polar surface area (TPSA) is 44.2 Å². The molecule has 0 atom stereocenters. The van der Waals surface area contributed by atoms with E-state index >= 15 is 0 Å². The van der Waals surface area contributed by atoms with E-state index in [1.807, 2.05) is 6.08 Å². The van der Waals surface area contributed by atoms with E-state index < -0.39 is 6.29 Å². The summed E-state index contributed by atoms with van der Waals surface area (Å²) in [6, 6.07) is 6.05. The summed E-state index contributed by atoms with van der Waals surface area (Å²) in [6.07, 6.45) is 6.63. The molecular weight excluding hydrogens is 319 g/mol. The van der Waals surface area contributed by atoms with E-state index in [0.717, 1.165) is 18.4 Å². The van der Waals surface area contributed by atoms with E-state index in [0.29, 0.717) is 30.5 Å². The van der Waals surface area contributed by atoms with Crippen molar-refractivity contribution in [2.24, 2.45) is 5.92 Å². The summed E-state index contributed by atoms with van der Waals surface area (Å²) in [6.45, 7) is 5.01. The molecular formula is C20H19FN2O2. The first-order chi connectivity index (χ1) is 12.2. The van der Waals surface area contributed by atoms with Crippen LogP contribution in [0.15, 0.2) is 49.3 Å². The number of benzene rings is 1. The van der Waals surface area contributed by atoms with Crippen molar-refractivity contribution in [3.8, 4) is 23.2 Å². The van der Waals surface area contributed by atoms with Gasteiger partial charge in [0.2, 0.25) is 6.29 Å². The third-order valence-electron chi connectivity index (χ3n) is 3.83. The Balaban J connectivity index is 1.57. The largest absolute Gasteiger partial charge is 0.342 e. The van der Waals surface area contributed by atoms with Gasteiger partial charge >= 0.3 is 0 Å². The third kappa shape index (κ3) is 4.96. The normalized spacial score (nSPS) is 19.7. The van der Waals surface area contributed by atoms with Gasteiger partial charge in [-0.1, -0.05) is 12.0 Å². The van der Waals surface area contributed by atoms with Crippen LogP contribution in [0.25, 0.3) is 11.4 Å². The first-order valence-electron chi connectivity index (χ1n) is 8.18. The molecule has 0 spiro atoms. The maximum absolute atomic E-state index is 12.9. The van der Waals surface area contributed by atoms with Gasteiger partial charge in [0, 0.05) is 23.9 Å². The van der Waals surface area contributed by atoms with Crippen molar-refractivity contribution < 1.29 is 13.9 Å². The molecule has 0 N–H and O–H groups in total. The van der Waals surface area contributed by atoms with Crippen LogP contribution >= 0.6 is 0 Å². The fraction of sp³-hybridized carbons (Fsp3) is 0.300. The second-order valence-corrected chi connectivity index (χ2v) is 5.80. The summed E-state index contributed by atoms with van der Waals surface area (Å²) in [5.74, 6) is 6.54. The Morgan fingerprint density at radius 3 is 2.48 bits per heavy atom. The maximum Gasteiger partial charge on any atom is 0.222 e. The second kappa shape index (κ2) is 8.52. The first kappa shape index (κ1) is 17.3. The van der Waals surface area contributed by atoms with Gasteiger partial charge in [0.25, 0.3) is 0 Å². The summed E-state index contributed by atoms with van der Waals surface area (Å²) in [5.41, 5.74) is 1.43. The summed E-state index contributed by atoms with van der Waals surface area (Å²) in [4.78, 5) is 8.52. The lowest BCUT2D eigenvalue weighted by atomic mass is 10.1. The molecule has 0 aliphatic carbocycles. The maximum atomic E-state index is 12.9. The lowest BCUT2D eigenvalue weighted by Crippen LogP contribution is -2.31. The Hall–Kier alpha value is -2.55. The van der Waals surface area contributed by atoms with Gasteiger partial charge in [0.15, 0.2) is 5.82 Å². The SMILES string of the molecule is C=CCC[C@H]1CO[C@H](C#Cc2cnc(-c3ccc(F)cc3)nc2)OC1. The number of hydrogen-bond donors (Lipinski definition) is 0. The molecule has 2 aromatic rings. The Bertz CT molecular complexity index is 755. The van der Waals surface area contributed by atoms with Crippen molar-refractivity contribution in [1.29, 1.82) is 0 Å². The average molecular weight is 338 g/mol. The predicted molar refractivity (Wildman–Crippen MR) is 92.9 cm³/mol. The van der Waals surface area contributed by atoms with Crippen molar-refractivity contribution >= 4 is 0 Å². The van der Waals surface area contributed by atoms with Gasteiger partial charge in [-0.3, -0.25) is 0 Å². The van der Waals surface area contributed by atoms with Crippen molar-refractivity contribution in [1.82, 2.24) is 9.97 Å². The summed E-state index contributed by atoms with van der Waals surface area (Å²) >= 11 is 0. The number of nitrogens with zero attached hydrogens (tertiary/aromatic N) is 2. The van der Waals surface area contributed by atoms with Crippen molar-refractivity contribution in [2.45, 2.75) is 19.1 Å². The van der Waals surface area contributed by atoms with Crippen molar-refractivity contribution in [2.75, 3.05) is 13.2 Å². The van der Waals surface area contributed by atoms with Crippen molar-refractivity contribution in [3.63, 3.8) is 0 Å². The van der Waals surface area contributed by atoms with E-state index in [1.165, 1.54) is 12.1 Å². The first-order valence-corrected chi connectivity index (χ1v) is 8.18. The molecule has 0 saturated carbocycles. The highest BCUT2D eigenvalue weighted by atomic mass is 19.1.